The van der Waals surface area contributed by atoms with Crippen LogP contribution in [0.2, 0.25) is 0 Å². The van der Waals surface area contributed by atoms with E-state index in [9.17, 15) is 35.2 Å². The molecule has 1 aliphatic rings. The van der Waals surface area contributed by atoms with Crippen molar-refractivity contribution in [1.82, 2.24) is 13.9 Å². The lowest BCUT2D eigenvalue weighted by Crippen LogP contribution is -2.38. The molecular weight excluding hydrogens is 461 g/mol. The number of aromatic nitrogens is 2. The molecule has 0 saturated heterocycles. The Morgan fingerprint density at radius 3 is 2.38 bits per heavy atom. The van der Waals surface area contributed by atoms with Gasteiger partial charge in [0.2, 0.25) is 10.0 Å². The van der Waals surface area contributed by atoms with Crippen molar-refractivity contribution in [1.29, 1.82) is 0 Å². The number of halogens is 5. The van der Waals surface area contributed by atoms with Crippen LogP contribution in [0, 0.1) is 5.82 Å². The van der Waals surface area contributed by atoms with Crippen molar-refractivity contribution in [3.05, 3.63) is 28.4 Å². The molecule has 0 spiro atoms. The Morgan fingerprint density at radius 2 is 1.84 bits per heavy atom. The van der Waals surface area contributed by atoms with Crippen molar-refractivity contribution in [2.45, 2.75) is 50.1 Å². The number of aryl methyl sites for hydroxylation is 1. The minimum atomic E-state index is -4.52. The molecule has 0 bridgehead atoms. The molecule has 0 amide bonds. The van der Waals surface area contributed by atoms with Gasteiger partial charge in [0.05, 0.1) is 23.1 Å². The van der Waals surface area contributed by atoms with Crippen LogP contribution in [0.1, 0.15) is 26.7 Å². The summed E-state index contributed by atoms with van der Waals surface area (Å²) in [7, 11) is -4.52. The lowest BCUT2D eigenvalue weighted by atomic mass is 10.3. The highest BCUT2D eigenvalue weighted by Gasteiger charge is 2.47. The van der Waals surface area contributed by atoms with Gasteiger partial charge < -0.3 is 0 Å². The average Bonchev–Trinajstić information content (AvgIpc) is 3.44. The fourth-order valence-electron chi connectivity index (χ4n) is 3.07. The third-order valence-electron chi connectivity index (χ3n) is 5.03. The predicted molar refractivity (Wildman–Crippen MR) is 108 cm³/mol. The molecule has 0 atom stereocenters. The summed E-state index contributed by atoms with van der Waals surface area (Å²) in [4.78, 5) is 11.9. The van der Waals surface area contributed by atoms with E-state index in [0.717, 1.165) is 28.2 Å². The summed E-state index contributed by atoms with van der Waals surface area (Å²) in [5.74, 6) is -1.46. The largest absolute Gasteiger partial charge is 0.334 e. The SMILES string of the molecule is C/C(=N\N=C(/C)n1c(=O)n(CCF)c2cc(F)c(S(=O)(=O)NC3(CF)CC3)cc21)C(F)F. The van der Waals surface area contributed by atoms with Crippen LogP contribution in [0.3, 0.4) is 0 Å². The van der Waals surface area contributed by atoms with Crippen LogP contribution in [0.4, 0.5) is 22.0 Å². The first-order valence-electron chi connectivity index (χ1n) is 9.44. The highest BCUT2D eigenvalue weighted by molar-refractivity contribution is 7.89. The van der Waals surface area contributed by atoms with Gasteiger partial charge in [0, 0.05) is 6.07 Å². The van der Waals surface area contributed by atoms with E-state index in [2.05, 4.69) is 14.9 Å². The van der Waals surface area contributed by atoms with Crippen LogP contribution in [0.15, 0.2) is 32.0 Å². The van der Waals surface area contributed by atoms with E-state index in [1.807, 2.05) is 0 Å². The Morgan fingerprint density at radius 1 is 1.19 bits per heavy atom. The summed E-state index contributed by atoms with van der Waals surface area (Å²) >= 11 is 0. The molecule has 1 aromatic heterocycles. The number of nitrogens with one attached hydrogen (secondary N) is 1. The van der Waals surface area contributed by atoms with Crippen LogP contribution in [-0.2, 0) is 16.6 Å². The molecule has 0 aliphatic heterocycles. The van der Waals surface area contributed by atoms with Crippen molar-refractivity contribution in [2.24, 2.45) is 10.2 Å². The molecule has 32 heavy (non-hydrogen) atoms. The maximum absolute atomic E-state index is 14.8. The molecule has 3 rings (SSSR count). The summed E-state index contributed by atoms with van der Waals surface area (Å²) in [5.41, 5.74) is -3.13. The summed E-state index contributed by atoms with van der Waals surface area (Å²) in [6.07, 6.45) is -2.40. The maximum atomic E-state index is 14.8. The lowest BCUT2D eigenvalue weighted by molar-refractivity contribution is 0.224. The van der Waals surface area contributed by atoms with Gasteiger partial charge in [-0.25, -0.2) is 44.5 Å². The van der Waals surface area contributed by atoms with E-state index >= 15 is 0 Å². The maximum Gasteiger partial charge on any atom is 0.334 e. The van der Waals surface area contributed by atoms with Gasteiger partial charge >= 0.3 is 5.69 Å². The molecular formula is C18H20F5N5O3S. The molecule has 176 valence electrons. The van der Waals surface area contributed by atoms with E-state index in [1.165, 1.54) is 6.92 Å². The van der Waals surface area contributed by atoms with E-state index in [1.54, 1.807) is 0 Å². The smallest absolute Gasteiger partial charge is 0.289 e. The number of hydrogen-bond acceptors (Lipinski definition) is 5. The van der Waals surface area contributed by atoms with Crippen molar-refractivity contribution < 1.29 is 30.4 Å². The lowest BCUT2D eigenvalue weighted by Gasteiger charge is -2.14. The van der Waals surface area contributed by atoms with Gasteiger partial charge in [0.15, 0.2) is 0 Å². The predicted octanol–water partition coefficient (Wildman–Crippen LogP) is 2.60. The first-order valence-corrected chi connectivity index (χ1v) is 10.9. The summed E-state index contributed by atoms with van der Waals surface area (Å²) in [6.45, 7) is -0.174. The van der Waals surface area contributed by atoms with Crippen LogP contribution >= 0.6 is 0 Å². The first-order chi connectivity index (χ1) is 15.0. The second-order valence-electron chi connectivity index (χ2n) is 7.44. The molecule has 0 unspecified atom stereocenters. The van der Waals surface area contributed by atoms with Gasteiger partial charge in [-0.15, -0.1) is 5.10 Å². The van der Waals surface area contributed by atoms with Gasteiger partial charge in [-0.05, 0) is 32.8 Å². The van der Waals surface area contributed by atoms with Gasteiger partial charge in [-0.3, -0.25) is 4.57 Å². The normalized spacial score (nSPS) is 16.9. The molecule has 0 radical (unpaired) electrons. The fraction of sp³-hybridized carbons (Fsp3) is 0.500. The van der Waals surface area contributed by atoms with E-state index in [4.69, 9.17) is 0 Å². The number of nitrogens with zero attached hydrogens (tertiary/aromatic N) is 4. The number of imidazole rings is 1. The van der Waals surface area contributed by atoms with Gasteiger partial charge in [0.1, 0.15) is 35.6 Å². The van der Waals surface area contributed by atoms with Gasteiger partial charge in [0.25, 0.3) is 6.43 Å². The standard InChI is InChI=1S/C18H20F5N5O3S/c1-10(16(22)23)24-25-11(2)28-14-8-15(32(30,31)26-18(9-20)3-4-18)12(21)7-13(14)27(6-5-19)17(28)29/h7-8,16,26H,3-6,9H2,1-2H3/b24-10+,25-11+. The molecule has 1 fully saturated rings. The average molecular weight is 481 g/mol. The Labute approximate surface area is 179 Å². The van der Waals surface area contributed by atoms with Crippen LogP contribution in [0.25, 0.3) is 11.0 Å². The Balaban J connectivity index is 2.22. The van der Waals surface area contributed by atoms with Gasteiger partial charge in [-0.2, -0.15) is 5.10 Å². The molecule has 14 heteroatoms. The van der Waals surface area contributed by atoms with Crippen molar-refractivity contribution >= 4 is 32.6 Å². The number of sulfonamides is 1. The topological polar surface area (TPSA) is 97.8 Å². The second-order valence-corrected chi connectivity index (χ2v) is 9.09. The molecule has 1 aliphatic carbocycles. The summed E-state index contributed by atoms with van der Waals surface area (Å²) in [6, 6.07) is 1.58. The number of benzene rings is 1. The number of rotatable bonds is 8. The van der Waals surface area contributed by atoms with Crippen molar-refractivity contribution in [3.8, 4) is 0 Å². The van der Waals surface area contributed by atoms with Gasteiger partial charge in [-0.1, -0.05) is 0 Å². The van der Waals surface area contributed by atoms with Crippen molar-refractivity contribution in [2.75, 3.05) is 13.3 Å². The number of alkyl halides is 4. The van der Waals surface area contributed by atoms with E-state index < -0.39 is 64.0 Å². The second kappa shape index (κ2) is 8.73. The zero-order chi connectivity index (χ0) is 23.8. The highest BCUT2D eigenvalue weighted by atomic mass is 32.2. The highest BCUT2D eigenvalue weighted by Crippen LogP contribution is 2.37. The molecule has 1 aromatic carbocycles. The zero-order valence-electron chi connectivity index (χ0n) is 17.1. The monoisotopic (exact) mass is 481 g/mol. The molecule has 2 aromatic rings. The van der Waals surface area contributed by atoms with Crippen LogP contribution in [-0.4, -0.2) is 54.4 Å². The minimum absolute atomic E-state index is 0.139. The molecule has 1 N–H and O–H groups in total. The number of fused-ring (bicyclic) bond motifs is 1. The Kier molecular flexibility index (Phi) is 6.56. The molecule has 1 saturated carbocycles. The van der Waals surface area contributed by atoms with E-state index in [-0.39, 0.29) is 29.7 Å². The minimum Gasteiger partial charge on any atom is -0.289 e. The molecule has 1 heterocycles. The zero-order valence-corrected chi connectivity index (χ0v) is 17.9. The van der Waals surface area contributed by atoms with Crippen LogP contribution in [0.5, 0.6) is 0 Å². The van der Waals surface area contributed by atoms with Crippen molar-refractivity contribution in [3.63, 3.8) is 0 Å². The third-order valence-corrected chi connectivity index (χ3v) is 6.63. The van der Waals surface area contributed by atoms with E-state index in [0.29, 0.717) is 0 Å². The third kappa shape index (κ3) is 4.46. The summed E-state index contributed by atoms with van der Waals surface area (Å²) < 4.78 is 95.4. The first kappa shape index (κ1) is 24.0. The number of hydrogen-bond donors (Lipinski definition) is 1. The fourth-order valence-corrected chi connectivity index (χ4v) is 4.59. The molecule has 8 nitrogen and oxygen atoms in total. The Bertz CT molecular complexity index is 1260. The quantitative estimate of drug-likeness (QED) is 0.272. The summed E-state index contributed by atoms with van der Waals surface area (Å²) in [5, 5.41) is 6.89. The van der Waals surface area contributed by atoms with Crippen LogP contribution < -0.4 is 10.4 Å². The Hall–Kier alpha value is -2.61.